The van der Waals surface area contributed by atoms with Crippen molar-refractivity contribution in [2.45, 2.75) is 53.4 Å². The summed E-state index contributed by atoms with van der Waals surface area (Å²) < 4.78 is 10.2. The molecular formula is C13H24O3. The minimum atomic E-state index is -0.512. The highest BCUT2D eigenvalue weighted by Gasteiger charge is 2.38. The van der Waals surface area contributed by atoms with Crippen LogP contribution in [0.2, 0.25) is 0 Å². The van der Waals surface area contributed by atoms with Gasteiger partial charge in [-0.05, 0) is 19.3 Å². The van der Waals surface area contributed by atoms with Gasteiger partial charge in [-0.1, -0.05) is 34.1 Å². The summed E-state index contributed by atoms with van der Waals surface area (Å²) in [5.74, 6) is 0. The van der Waals surface area contributed by atoms with Crippen molar-refractivity contribution in [2.75, 3.05) is 13.2 Å². The van der Waals surface area contributed by atoms with Crippen molar-refractivity contribution < 1.29 is 14.3 Å². The Bertz CT molecular complexity index is 252. The Labute approximate surface area is 98.5 Å². The lowest BCUT2D eigenvalue weighted by atomic mass is 9.70. The summed E-state index contributed by atoms with van der Waals surface area (Å²) in [6.07, 6.45) is 3.78. The largest absolute Gasteiger partial charge is 0.508 e. The van der Waals surface area contributed by atoms with Gasteiger partial charge in [0.15, 0.2) is 0 Å². The molecule has 0 saturated carbocycles. The highest BCUT2D eigenvalue weighted by Crippen LogP contribution is 2.41. The number of carbonyl (C=O) groups is 1. The maximum atomic E-state index is 11.3. The molecule has 0 aromatic carbocycles. The maximum Gasteiger partial charge on any atom is 0.508 e. The molecule has 1 heterocycles. The SMILES string of the molecule is CCCC1(C)COC(=O)OCC(C)(CC)C1. The molecule has 94 valence electrons. The minimum absolute atomic E-state index is 0.0867. The first-order valence-electron chi connectivity index (χ1n) is 6.23. The molecule has 1 aliphatic heterocycles. The molecule has 1 saturated heterocycles. The van der Waals surface area contributed by atoms with Gasteiger partial charge in [0.2, 0.25) is 0 Å². The molecule has 0 aliphatic carbocycles. The average molecular weight is 228 g/mol. The Balaban J connectivity index is 2.80. The Morgan fingerprint density at radius 2 is 1.69 bits per heavy atom. The molecule has 0 radical (unpaired) electrons. The first-order chi connectivity index (χ1) is 7.43. The summed E-state index contributed by atoms with van der Waals surface area (Å²) >= 11 is 0. The number of carbonyl (C=O) groups excluding carboxylic acids is 1. The van der Waals surface area contributed by atoms with Crippen LogP contribution in [0.1, 0.15) is 53.4 Å². The predicted octanol–water partition coefficient (Wildman–Crippen LogP) is 3.77. The van der Waals surface area contributed by atoms with Crippen molar-refractivity contribution in [3.8, 4) is 0 Å². The Hall–Kier alpha value is -0.730. The van der Waals surface area contributed by atoms with Gasteiger partial charge in [-0.3, -0.25) is 0 Å². The van der Waals surface area contributed by atoms with E-state index in [0.29, 0.717) is 13.2 Å². The fourth-order valence-electron chi connectivity index (χ4n) is 2.63. The number of ether oxygens (including phenoxy) is 2. The zero-order valence-electron chi connectivity index (χ0n) is 11.0. The van der Waals surface area contributed by atoms with E-state index < -0.39 is 6.16 Å². The molecule has 3 heteroatoms. The van der Waals surface area contributed by atoms with Crippen molar-refractivity contribution in [1.82, 2.24) is 0 Å². The Kier molecular flexibility index (Phi) is 4.22. The van der Waals surface area contributed by atoms with E-state index in [4.69, 9.17) is 9.47 Å². The fourth-order valence-corrected chi connectivity index (χ4v) is 2.63. The molecule has 0 aromatic heterocycles. The predicted molar refractivity (Wildman–Crippen MR) is 63.3 cm³/mol. The van der Waals surface area contributed by atoms with Crippen molar-refractivity contribution in [3.63, 3.8) is 0 Å². The quantitative estimate of drug-likeness (QED) is 0.690. The van der Waals surface area contributed by atoms with E-state index in [-0.39, 0.29) is 10.8 Å². The first kappa shape index (κ1) is 13.3. The number of hydrogen-bond acceptors (Lipinski definition) is 3. The normalized spacial score (nSPS) is 35.9. The molecule has 1 rings (SSSR count). The summed E-state index contributed by atoms with van der Waals surface area (Å²) in [6.45, 7) is 9.69. The van der Waals surface area contributed by atoms with Crippen LogP contribution in [0.4, 0.5) is 4.79 Å². The monoisotopic (exact) mass is 228 g/mol. The van der Waals surface area contributed by atoms with Crippen LogP contribution in [-0.4, -0.2) is 19.4 Å². The number of hydrogen-bond donors (Lipinski definition) is 0. The molecule has 1 aliphatic rings. The van der Waals surface area contributed by atoms with E-state index in [2.05, 4.69) is 27.7 Å². The van der Waals surface area contributed by atoms with Crippen molar-refractivity contribution in [3.05, 3.63) is 0 Å². The van der Waals surface area contributed by atoms with Crippen molar-refractivity contribution in [2.24, 2.45) is 10.8 Å². The molecule has 0 aromatic rings. The summed E-state index contributed by atoms with van der Waals surface area (Å²) in [7, 11) is 0. The fraction of sp³-hybridized carbons (Fsp3) is 0.923. The van der Waals surface area contributed by atoms with Gasteiger partial charge in [0.25, 0.3) is 0 Å². The van der Waals surface area contributed by atoms with E-state index in [1.807, 2.05) is 0 Å². The third-order valence-electron chi connectivity index (χ3n) is 3.64. The Morgan fingerprint density at radius 1 is 1.12 bits per heavy atom. The van der Waals surface area contributed by atoms with Gasteiger partial charge < -0.3 is 9.47 Å². The van der Waals surface area contributed by atoms with E-state index in [1.54, 1.807) is 0 Å². The molecule has 0 spiro atoms. The van der Waals surface area contributed by atoms with Crippen LogP contribution in [0.25, 0.3) is 0 Å². The molecular weight excluding hydrogens is 204 g/mol. The summed E-state index contributed by atoms with van der Waals surface area (Å²) in [6, 6.07) is 0. The summed E-state index contributed by atoms with van der Waals surface area (Å²) in [5, 5.41) is 0. The van der Waals surface area contributed by atoms with Gasteiger partial charge in [0.05, 0.1) is 0 Å². The van der Waals surface area contributed by atoms with Gasteiger partial charge in [0, 0.05) is 10.8 Å². The highest BCUT2D eigenvalue weighted by atomic mass is 16.7. The van der Waals surface area contributed by atoms with Gasteiger partial charge in [0.1, 0.15) is 13.2 Å². The second-order valence-corrected chi connectivity index (χ2v) is 5.73. The first-order valence-corrected chi connectivity index (χ1v) is 6.23. The van der Waals surface area contributed by atoms with Crippen LogP contribution in [-0.2, 0) is 9.47 Å². The molecule has 3 nitrogen and oxygen atoms in total. The van der Waals surface area contributed by atoms with Crippen LogP contribution >= 0.6 is 0 Å². The molecule has 0 bridgehead atoms. The average Bonchev–Trinajstić information content (AvgIpc) is 2.23. The third kappa shape index (κ3) is 3.39. The van der Waals surface area contributed by atoms with Gasteiger partial charge >= 0.3 is 6.16 Å². The standard InChI is InChI=1S/C13H24O3/c1-5-7-13(4)8-12(3,6-2)9-15-11(14)16-10-13/h5-10H2,1-4H3. The molecule has 2 atom stereocenters. The van der Waals surface area contributed by atoms with Gasteiger partial charge in [-0.25, -0.2) is 4.79 Å². The second kappa shape index (κ2) is 5.07. The smallest absolute Gasteiger partial charge is 0.434 e. The number of rotatable bonds is 3. The van der Waals surface area contributed by atoms with Crippen LogP contribution < -0.4 is 0 Å². The van der Waals surface area contributed by atoms with Crippen molar-refractivity contribution in [1.29, 1.82) is 0 Å². The van der Waals surface area contributed by atoms with E-state index in [0.717, 1.165) is 25.7 Å². The van der Waals surface area contributed by atoms with E-state index in [9.17, 15) is 4.79 Å². The van der Waals surface area contributed by atoms with Gasteiger partial charge in [-0.2, -0.15) is 0 Å². The molecule has 0 amide bonds. The molecule has 16 heavy (non-hydrogen) atoms. The van der Waals surface area contributed by atoms with E-state index >= 15 is 0 Å². The van der Waals surface area contributed by atoms with Crippen LogP contribution in [0, 0.1) is 10.8 Å². The lowest BCUT2D eigenvalue weighted by molar-refractivity contribution is -0.0478. The summed E-state index contributed by atoms with van der Waals surface area (Å²) in [5.41, 5.74) is 0.183. The van der Waals surface area contributed by atoms with Crippen LogP contribution in [0.3, 0.4) is 0 Å². The zero-order chi connectivity index (χ0) is 12.2. The maximum absolute atomic E-state index is 11.3. The lowest BCUT2D eigenvalue weighted by Crippen LogP contribution is -2.38. The second-order valence-electron chi connectivity index (χ2n) is 5.73. The minimum Gasteiger partial charge on any atom is -0.434 e. The highest BCUT2D eigenvalue weighted by molar-refractivity contribution is 5.60. The number of cyclic esters (lactones) is 2. The van der Waals surface area contributed by atoms with E-state index in [1.165, 1.54) is 0 Å². The molecule has 1 fully saturated rings. The van der Waals surface area contributed by atoms with Crippen LogP contribution in [0.15, 0.2) is 0 Å². The zero-order valence-corrected chi connectivity index (χ0v) is 11.0. The van der Waals surface area contributed by atoms with Crippen molar-refractivity contribution >= 4 is 6.16 Å². The molecule has 2 unspecified atom stereocenters. The topological polar surface area (TPSA) is 35.5 Å². The van der Waals surface area contributed by atoms with Crippen LogP contribution in [0.5, 0.6) is 0 Å². The third-order valence-corrected chi connectivity index (χ3v) is 3.64. The molecule has 0 N–H and O–H groups in total. The summed E-state index contributed by atoms with van der Waals surface area (Å²) in [4.78, 5) is 11.3. The lowest BCUT2D eigenvalue weighted by Gasteiger charge is -2.40. The Morgan fingerprint density at radius 3 is 2.19 bits per heavy atom. The van der Waals surface area contributed by atoms with Gasteiger partial charge in [-0.15, -0.1) is 0 Å².